The SMILES string of the molecule is CC(C)(C)[Si](C)(C)C(O)[C@H]1O[C@@H](n2ccc(=O)[nH]c2=O)[C@@](O)([Si](C)(C)C(C)(C)C)[C@@H]1O. The number of H-pyrrole nitrogens is 1. The second-order valence-electron chi connectivity index (χ2n) is 12.0. The molecular weight excluding hydrogens is 432 g/mol. The van der Waals surface area contributed by atoms with Crippen molar-refractivity contribution in [1.82, 2.24) is 9.55 Å². The molecule has 0 amide bonds. The number of aromatic nitrogens is 2. The van der Waals surface area contributed by atoms with Gasteiger partial charge < -0.3 is 20.1 Å². The van der Waals surface area contributed by atoms with Gasteiger partial charge in [0.1, 0.15) is 17.4 Å². The van der Waals surface area contributed by atoms with E-state index in [0.29, 0.717) is 0 Å². The quantitative estimate of drug-likeness (QED) is 0.497. The van der Waals surface area contributed by atoms with Gasteiger partial charge in [0.2, 0.25) is 0 Å². The van der Waals surface area contributed by atoms with Crippen molar-refractivity contribution >= 4 is 16.1 Å². The highest BCUT2D eigenvalue weighted by atomic mass is 28.3. The van der Waals surface area contributed by atoms with Gasteiger partial charge in [-0.05, 0) is 10.1 Å². The summed E-state index contributed by atoms with van der Waals surface area (Å²) in [5.41, 5.74) is -2.28. The molecule has 8 nitrogen and oxygen atoms in total. The lowest BCUT2D eigenvalue weighted by Crippen LogP contribution is -2.69. The highest BCUT2D eigenvalue weighted by Gasteiger charge is 2.69. The third-order valence-electron chi connectivity index (χ3n) is 8.39. The van der Waals surface area contributed by atoms with Gasteiger partial charge in [-0.15, -0.1) is 0 Å². The van der Waals surface area contributed by atoms with Crippen LogP contribution in [0.15, 0.2) is 21.9 Å². The van der Waals surface area contributed by atoms with E-state index in [0.717, 1.165) is 4.57 Å². The summed E-state index contributed by atoms with van der Waals surface area (Å²) in [7, 11) is -5.21. The Morgan fingerprint density at radius 2 is 1.61 bits per heavy atom. The van der Waals surface area contributed by atoms with Crippen LogP contribution in [-0.2, 0) is 4.74 Å². The van der Waals surface area contributed by atoms with Gasteiger partial charge in [-0.2, -0.15) is 0 Å². The van der Waals surface area contributed by atoms with Crippen LogP contribution < -0.4 is 11.2 Å². The predicted octanol–water partition coefficient (Wildman–Crippen LogP) is 1.98. The second-order valence-corrected chi connectivity index (χ2v) is 23.1. The Labute approximate surface area is 186 Å². The van der Waals surface area contributed by atoms with Crippen molar-refractivity contribution in [3.8, 4) is 0 Å². The molecule has 1 aromatic heterocycles. The van der Waals surface area contributed by atoms with E-state index < -0.39 is 56.8 Å². The molecule has 0 aliphatic carbocycles. The molecule has 2 rings (SSSR count). The van der Waals surface area contributed by atoms with Gasteiger partial charge in [0.25, 0.3) is 5.56 Å². The lowest BCUT2D eigenvalue weighted by atomic mass is 10.1. The standard InChI is InChI=1S/C21H40N2O6Si2/c1-19(2,3)30(7,8)16(26)14-15(25)21(28,31(9,10)20(4,5)6)17(29-14)23-12-11-13(24)22-18(23)27/h11-12,14-17,25-26,28H,1-10H3,(H,22,24,27)/t14-,15+,16?,17+,21-/m0/s1. The van der Waals surface area contributed by atoms with Crippen LogP contribution in [0.3, 0.4) is 0 Å². The Kier molecular flexibility index (Phi) is 6.57. The number of nitrogens with zero attached hydrogens (tertiary/aromatic N) is 1. The third kappa shape index (κ3) is 3.95. The number of aromatic amines is 1. The van der Waals surface area contributed by atoms with E-state index in [1.54, 1.807) is 0 Å². The fourth-order valence-electron chi connectivity index (χ4n) is 3.99. The van der Waals surface area contributed by atoms with Crippen molar-refractivity contribution < 1.29 is 20.1 Å². The van der Waals surface area contributed by atoms with Gasteiger partial charge >= 0.3 is 5.69 Å². The molecule has 0 bridgehead atoms. The molecule has 1 fully saturated rings. The molecule has 1 unspecified atom stereocenters. The van der Waals surface area contributed by atoms with Crippen molar-refractivity contribution in [1.29, 1.82) is 0 Å². The minimum atomic E-state index is -2.80. The minimum absolute atomic E-state index is 0.197. The van der Waals surface area contributed by atoms with Crippen LogP contribution in [0.4, 0.5) is 0 Å². The van der Waals surface area contributed by atoms with E-state index in [1.807, 2.05) is 67.7 Å². The summed E-state index contributed by atoms with van der Waals surface area (Å²) < 4.78 is 7.31. The zero-order valence-electron chi connectivity index (χ0n) is 20.5. The number of rotatable bonds is 4. The maximum atomic E-state index is 12.6. The van der Waals surface area contributed by atoms with Gasteiger partial charge in [-0.25, -0.2) is 4.79 Å². The Hall–Kier alpha value is -1.05. The summed E-state index contributed by atoms with van der Waals surface area (Å²) in [4.78, 5) is 26.4. The number of ether oxygens (including phenoxy) is 1. The number of aliphatic hydroxyl groups excluding tert-OH is 2. The summed E-state index contributed by atoms with van der Waals surface area (Å²) in [6.07, 6.45) is -2.43. The summed E-state index contributed by atoms with van der Waals surface area (Å²) in [5, 5.41) is 32.7. The molecule has 1 saturated heterocycles. The average Bonchev–Trinajstić information content (AvgIpc) is 2.85. The van der Waals surface area contributed by atoms with Gasteiger partial charge in [0.15, 0.2) is 6.23 Å². The van der Waals surface area contributed by atoms with Crippen LogP contribution in [0.5, 0.6) is 0 Å². The van der Waals surface area contributed by atoms with E-state index in [-0.39, 0.29) is 10.1 Å². The molecule has 178 valence electrons. The molecule has 0 radical (unpaired) electrons. The first kappa shape index (κ1) is 26.2. The van der Waals surface area contributed by atoms with Crippen LogP contribution in [-0.4, -0.2) is 64.2 Å². The molecule has 0 spiro atoms. The molecule has 1 aliphatic rings. The Morgan fingerprint density at radius 3 is 2.03 bits per heavy atom. The third-order valence-corrected chi connectivity index (χ3v) is 20.4. The van der Waals surface area contributed by atoms with Crippen LogP contribution in [0, 0.1) is 0 Å². The van der Waals surface area contributed by atoms with E-state index in [9.17, 15) is 24.9 Å². The van der Waals surface area contributed by atoms with E-state index >= 15 is 0 Å². The summed E-state index contributed by atoms with van der Waals surface area (Å²) in [6, 6.07) is 1.18. The Bertz CT molecular complexity index is 927. The van der Waals surface area contributed by atoms with Gasteiger partial charge in [-0.1, -0.05) is 67.7 Å². The topological polar surface area (TPSA) is 125 Å². The lowest BCUT2D eigenvalue weighted by molar-refractivity contribution is -0.0782. The van der Waals surface area contributed by atoms with E-state index in [4.69, 9.17) is 4.74 Å². The largest absolute Gasteiger partial charge is 0.394 e. The fraction of sp³-hybridized carbons (Fsp3) is 0.810. The normalized spacial score (nSPS) is 29.3. The number of nitrogens with one attached hydrogen (secondary N) is 1. The van der Waals surface area contributed by atoms with Gasteiger partial charge in [0, 0.05) is 12.3 Å². The van der Waals surface area contributed by atoms with Gasteiger partial charge in [-0.3, -0.25) is 14.3 Å². The molecule has 31 heavy (non-hydrogen) atoms. The van der Waals surface area contributed by atoms with Crippen LogP contribution in [0.1, 0.15) is 47.8 Å². The van der Waals surface area contributed by atoms with Gasteiger partial charge in [0.05, 0.1) is 21.9 Å². The first-order chi connectivity index (χ1) is 13.7. The minimum Gasteiger partial charge on any atom is -0.394 e. The fourth-order valence-corrected chi connectivity index (χ4v) is 8.89. The molecule has 1 aromatic rings. The first-order valence-electron chi connectivity index (χ1n) is 10.8. The summed E-state index contributed by atoms with van der Waals surface area (Å²) in [5.74, 6) is 0. The van der Waals surface area contributed by atoms with Crippen molar-refractivity contribution in [2.75, 3.05) is 0 Å². The van der Waals surface area contributed by atoms with Crippen LogP contribution in [0.25, 0.3) is 0 Å². The number of aliphatic hydroxyl groups is 3. The van der Waals surface area contributed by atoms with Crippen molar-refractivity contribution in [2.45, 2.75) is 107 Å². The van der Waals surface area contributed by atoms with Crippen molar-refractivity contribution in [2.24, 2.45) is 0 Å². The molecule has 1 aliphatic heterocycles. The van der Waals surface area contributed by atoms with Crippen LogP contribution >= 0.6 is 0 Å². The molecular formula is C21H40N2O6Si2. The zero-order valence-corrected chi connectivity index (χ0v) is 22.5. The summed E-state index contributed by atoms with van der Waals surface area (Å²) in [6.45, 7) is 20.1. The summed E-state index contributed by atoms with van der Waals surface area (Å²) >= 11 is 0. The Balaban J connectivity index is 2.73. The number of hydrogen-bond donors (Lipinski definition) is 4. The number of hydrogen-bond acceptors (Lipinski definition) is 6. The van der Waals surface area contributed by atoms with E-state index in [2.05, 4.69) is 4.98 Å². The van der Waals surface area contributed by atoms with Crippen LogP contribution in [0.2, 0.25) is 36.3 Å². The maximum absolute atomic E-state index is 12.6. The maximum Gasteiger partial charge on any atom is 0.330 e. The lowest BCUT2D eigenvalue weighted by Gasteiger charge is -2.50. The molecule has 0 saturated carbocycles. The molecule has 4 N–H and O–H groups in total. The molecule has 2 heterocycles. The zero-order chi connectivity index (χ0) is 24.4. The Morgan fingerprint density at radius 1 is 1.10 bits per heavy atom. The predicted molar refractivity (Wildman–Crippen MR) is 127 cm³/mol. The molecule has 5 atom stereocenters. The monoisotopic (exact) mass is 472 g/mol. The second kappa shape index (κ2) is 7.77. The van der Waals surface area contributed by atoms with Crippen molar-refractivity contribution in [3.05, 3.63) is 33.1 Å². The smallest absolute Gasteiger partial charge is 0.330 e. The highest BCUT2D eigenvalue weighted by molar-refractivity contribution is 6.83. The molecule has 10 heteroatoms. The first-order valence-corrected chi connectivity index (χ1v) is 16.8. The highest BCUT2D eigenvalue weighted by Crippen LogP contribution is 2.54. The van der Waals surface area contributed by atoms with E-state index in [1.165, 1.54) is 12.3 Å². The molecule has 0 aromatic carbocycles. The van der Waals surface area contributed by atoms with Crippen molar-refractivity contribution in [3.63, 3.8) is 0 Å². The average molecular weight is 473 g/mol.